The van der Waals surface area contributed by atoms with Crippen molar-refractivity contribution >= 4 is 29.1 Å². The molecule has 27 heavy (non-hydrogen) atoms. The van der Waals surface area contributed by atoms with E-state index in [9.17, 15) is 22.8 Å². The van der Waals surface area contributed by atoms with E-state index >= 15 is 0 Å². The molecule has 2 rings (SSSR count). The van der Waals surface area contributed by atoms with Gasteiger partial charge >= 0.3 is 6.18 Å². The van der Waals surface area contributed by atoms with Gasteiger partial charge in [0.15, 0.2) is 0 Å². The number of primary amides is 1. The molecule has 6 nitrogen and oxygen atoms in total. The van der Waals surface area contributed by atoms with Crippen LogP contribution < -0.4 is 15.8 Å². The number of likely N-dealkylation sites (tertiary alicyclic amines) is 1. The van der Waals surface area contributed by atoms with Crippen LogP contribution in [0.4, 0.5) is 18.9 Å². The Morgan fingerprint density at radius 3 is 2.59 bits per heavy atom. The van der Waals surface area contributed by atoms with Gasteiger partial charge in [0.25, 0.3) is 0 Å². The summed E-state index contributed by atoms with van der Waals surface area (Å²) >= 11 is 6.00. The van der Waals surface area contributed by atoms with E-state index in [1.807, 2.05) is 0 Å². The van der Waals surface area contributed by atoms with Crippen LogP contribution in [0.15, 0.2) is 12.1 Å². The molecule has 0 saturated carbocycles. The molecule has 0 spiro atoms. The highest BCUT2D eigenvalue weighted by Crippen LogP contribution is 2.34. The lowest BCUT2D eigenvalue weighted by Gasteiger charge is -2.39. The van der Waals surface area contributed by atoms with Crippen LogP contribution in [-0.4, -0.2) is 49.1 Å². The van der Waals surface area contributed by atoms with Crippen molar-refractivity contribution in [2.75, 3.05) is 25.5 Å². The zero-order valence-corrected chi connectivity index (χ0v) is 15.7. The summed E-state index contributed by atoms with van der Waals surface area (Å²) in [6.07, 6.45) is -4.74. The van der Waals surface area contributed by atoms with Gasteiger partial charge in [0.05, 0.1) is 25.3 Å². The van der Waals surface area contributed by atoms with Crippen molar-refractivity contribution < 1.29 is 27.5 Å². The van der Waals surface area contributed by atoms with E-state index in [0.29, 0.717) is 22.0 Å². The van der Waals surface area contributed by atoms with Crippen LogP contribution in [-0.2, 0) is 9.59 Å². The molecule has 3 N–H and O–H groups in total. The van der Waals surface area contributed by atoms with Gasteiger partial charge in [0.2, 0.25) is 11.8 Å². The molecule has 0 bridgehead atoms. The maximum atomic E-state index is 13.3. The first-order valence-electron chi connectivity index (χ1n) is 8.27. The molecule has 10 heteroatoms. The minimum Gasteiger partial charge on any atom is -0.495 e. The van der Waals surface area contributed by atoms with Crippen molar-refractivity contribution in [3.8, 4) is 5.75 Å². The highest BCUT2D eigenvalue weighted by Gasteiger charge is 2.47. The monoisotopic (exact) mass is 407 g/mol. The van der Waals surface area contributed by atoms with E-state index in [1.165, 1.54) is 13.2 Å². The number of halogens is 4. The van der Waals surface area contributed by atoms with Crippen LogP contribution in [0.5, 0.6) is 5.75 Å². The van der Waals surface area contributed by atoms with Crippen LogP contribution in [0.25, 0.3) is 0 Å². The molecule has 1 heterocycles. The van der Waals surface area contributed by atoms with Gasteiger partial charge < -0.3 is 15.8 Å². The molecule has 1 aromatic rings. The van der Waals surface area contributed by atoms with Crippen LogP contribution in [0.3, 0.4) is 0 Å². The smallest absolute Gasteiger partial charge is 0.404 e. The van der Waals surface area contributed by atoms with Crippen molar-refractivity contribution in [1.82, 2.24) is 4.90 Å². The third kappa shape index (κ3) is 5.26. The standard InChI is InChI=1S/C17H21ClF3N3O3/c1-9-5-12(13(27-2)6-11(9)18)23-15(25)8-24-7-10(16(22)26)3-4-14(24)17(19,20)21/h5-6,10,14H,3-4,7-8H2,1-2H3,(H2,22,26)(H,23,25)/t10-,14+/m0/s1. The second-order valence-electron chi connectivity index (χ2n) is 6.51. The minimum atomic E-state index is -4.50. The normalized spacial score (nSPS) is 21.0. The van der Waals surface area contributed by atoms with Gasteiger partial charge in [-0.1, -0.05) is 11.6 Å². The van der Waals surface area contributed by atoms with Crippen molar-refractivity contribution in [2.24, 2.45) is 11.7 Å². The Bertz CT molecular complexity index is 727. The van der Waals surface area contributed by atoms with Crippen molar-refractivity contribution in [3.63, 3.8) is 0 Å². The summed E-state index contributed by atoms with van der Waals surface area (Å²) in [7, 11) is 1.39. The number of aryl methyl sites for hydroxylation is 1. The summed E-state index contributed by atoms with van der Waals surface area (Å²) in [4.78, 5) is 24.7. The largest absolute Gasteiger partial charge is 0.495 e. The zero-order valence-electron chi connectivity index (χ0n) is 14.9. The number of hydrogen-bond donors (Lipinski definition) is 2. The van der Waals surface area contributed by atoms with Crippen LogP contribution in [0.1, 0.15) is 18.4 Å². The fourth-order valence-corrected chi connectivity index (χ4v) is 3.28. The van der Waals surface area contributed by atoms with E-state index in [-0.39, 0.29) is 19.4 Å². The topological polar surface area (TPSA) is 84.7 Å². The van der Waals surface area contributed by atoms with E-state index in [4.69, 9.17) is 22.1 Å². The van der Waals surface area contributed by atoms with Gasteiger partial charge in [0, 0.05) is 17.6 Å². The number of amides is 2. The number of piperidine rings is 1. The molecule has 1 aliphatic rings. The molecule has 0 radical (unpaired) electrons. The van der Waals surface area contributed by atoms with Gasteiger partial charge in [-0.3, -0.25) is 14.5 Å². The van der Waals surface area contributed by atoms with Crippen LogP contribution >= 0.6 is 11.6 Å². The highest BCUT2D eigenvalue weighted by molar-refractivity contribution is 6.31. The number of hydrogen-bond acceptors (Lipinski definition) is 4. The number of nitrogens with two attached hydrogens (primary N) is 1. The summed E-state index contributed by atoms with van der Waals surface area (Å²) in [5.41, 5.74) is 6.21. The third-order valence-corrected chi connectivity index (χ3v) is 4.97. The second-order valence-corrected chi connectivity index (χ2v) is 6.92. The lowest BCUT2D eigenvalue weighted by atomic mass is 9.92. The molecular weight excluding hydrogens is 387 g/mol. The summed E-state index contributed by atoms with van der Waals surface area (Å²) in [6.45, 7) is 0.974. The Kier molecular flexibility index (Phi) is 6.59. The molecular formula is C17H21ClF3N3O3. The summed E-state index contributed by atoms with van der Waals surface area (Å²) in [6, 6.07) is 1.28. The third-order valence-electron chi connectivity index (χ3n) is 4.57. The van der Waals surface area contributed by atoms with Crippen molar-refractivity contribution in [1.29, 1.82) is 0 Å². The van der Waals surface area contributed by atoms with Crippen LogP contribution in [0.2, 0.25) is 5.02 Å². The van der Waals surface area contributed by atoms with Gasteiger partial charge in [-0.25, -0.2) is 0 Å². The summed E-state index contributed by atoms with van der Waals surface area (Å²) in [5, 5.41) is 2.98. The number of benzene rings is 1. The van der Waals surface area contributed by atoms with E-state index in [1.54, 1.807) is 13.0 Å². The predicted molar refractivity (Wildman–Crippen MR) is 94.7 cm³/mol. The van der Waals surface area contributed by atoms with Crippen molar-refractivity contribution in [2.45, 2.75) is 32.0 Å². The lowest BCUT2D eigenvalue weighted by Crippen LogP contribution is -2.55. The second kappa shape index (κ2) is 8.35. The Morgan fingerprint density at radius 2 is 2.04 bits per heavy atom. The number of carbonyl (C=O) groups excluding carboxylic acids is 2. The summed E-state index contributed by atoms with van der Waals surface area (Å²) in [5.74, 6) is -1.76. The highest BCUT2D eigenvalue weighted by atomic mass is 35.5. The Morgan fingerprint density at radius 1 is 1.37 bits per heavy atom. The molecule has 150 valence electrons. The SMILES string of the molecule is COc1cc(Cl)c(C)cc1NC(=O)CN1C[C@@H](C(N)=O)CC[C@@H]1C(F)(F)F. The molecule has 0 aliphatic carbocycles. The Labute approximate surface area is 159 Å². The molecule has 0 unspecified atom stereocenters. The molecule has 1 saturated heterocycles. The molecule has 2 amide bonds. The average Bonchev–Trinajstić information content (AvgIpc) is 2.56. The van der Waals surface area contributed by atoms with E-state index < -0.39 is 36.5 Å². The van der Waals surface area contributed by atoms with E-state index in [0.717, 1.165) is 4.90 Å². The average molecular weight is 408 g/mol. The number of alkyl halides is 3. The number of nitrogens with one attached hydrogen (secondary N) is 1. The first-order chi connectivity index (χ1) is 12.5. The first kappa shape index (κ1) is 21.3. The first-order valence-corrected chi connectivity index (χ1v) is 8.64. The van der Waals surface area contributed by atoms with E-state index in [2.05, 4.69) is 5.32 Å². The van der Waals surface area contributed by atoms with Crippen molar-refractivity contribution in [3.05, 3.63) is 22.7 Å². The zero-order chi connectivity index (χ0) is 20.4. The number of nitrogens with zero attached hydrogens (tertiary/aromatic N) is 1. The van der Waals surface area contributed by atoms with Crippen LogP contribution in [0, 0.1) is 12.8 Å². The molecule has 1 fully saturated rings. The molecule has 2 atom stereocenters. The van der Waals surface area contributed by atoms with Gasteiger partial charge in [-0.2, -0.15) is 13.2 Å². The molecule has 1 aromatic carbocycles. The fraction of sp³-hybridized carbons (Fsp3) is 0.529. The fourth-order valence-electron chi connectivity index (χ4n) is 3.12. The number of carbonyl (C=O) groups is 2. The minimum absolute atomic E-state index is 0.0435. The van der Waals surface area contributed by atoms with Gasteiger partial charge in [-0.15, -0.1) is 0 Å². The lowest BCUT2D eigenvalue weighted by molar-refractivity contribution is -0.195. The summed E-state index contributed by atoms with van der Waals surface area (Å²) < 4.78 is 45.0. The molecule has 0 aromatic heterocycles. The number of rotatable bonds is 5. The van der Waals surface area contributed by atoms with Gasteiger partial charge in [-0.05, 0) is 31.4 Å². The quantitative estimate of drug-likeness (QED) is 0.786. The number of methoxy groups -OCH3 is 1. The molecule has 1 aliphatic heterocycles. The number of ether oxygens (including phenoxy) is 1. The van der Waals surface area contributed by atoms with Gasteiger partial charge in [0.1, 0.15) is 11.8 Å². The predicted octanol–water partition coefficient (Wildman–Crippen LogP) is 2.72. The Hall–Kier alpha value is -2.00. The number of anilines is 1. The maximum absolute atomic E-state index is 13.3. The Balaban J connectivity index is 2.16. The maximum Gasteiger partial charge on any atom is 0.404 e.